The van der Waals surface area contributed by atoms with E-state index in [0.29, 0.717) is 6.07 Å². The van der Waals surface area contributed by atoms with Gasteiger partial charge in [-0.1, -0.05) is 0 Å². The zero-order valence-corrected chi connectivity index (χ0v) is 11.4. The van der Waals surface area contributed by atoms with E-state index >= 15 is 0 Å². The van der Waals surface area contributed by atoms with E-state index < -0.39 is 32.8 Å². The average molecular weight is 307 g/mol. The second kappa shape index (κ2) is 6.75. The Balaban J connectivity index is 2.97. The Morgan fingerprint density at radius 3 is 2.70 bits per heavy atom. The maximum atomic E-state index is 13.5. The minimum Gasteiger partial charge on any atom is -0.478 e. The number of carboxylic acids is 1. The van der Waals surface area contributed by atoms with Crippen LogP contribution < -0.4 is 4.72 Å². The number of rotatable bonds is 7. The molecule has 0 saturated heterocycles. The molecule has 1 unspecified atom stereocenters. The highest BCUT2D eigenvalue weighted by Gasteiger charge is 2.21. The first-order chi connectivity index (χ1) is 9.27. The van der Waals surface area contributed by atoms with E-state index in [4.69, 9.17) is 5.11 Å². The molecule has 0 aliphatic carbocycles. The fraction of sp³-hybridized carbons (Fsp3) is 0.364. The van der Waals surface area contributed by atoms with Gasteiger partial charge in [-0.15, -0.1) is 0 Å². The largest absolute Gasteiger partial charge is 0.478 e. The van der Waals surface area contributed by atoms with E-state index in [1.807, 2.05) is 4.72 Å². The number of aliphatic hydroxyl groups excluding tert-OH is 1. The number of methoxy groups -OCH3 is 1. The number of aromatic carboxylic acids is 1. The Bertz CT molecular complexity index is 589. The number of hydrogen-bond acceptors (Lipinski definition) is 5. The fourth-order valence-corrected chi connectivity index (χ4v) is 2.55. The first-order valence-electron chi connectivity index (χ1n) is 5.47. The molecule has 0 aliphatic rings. The lowest BCUT2D eigenvalue weighted by Crippen LogP contribution is -2.34. The first kappa shape index (κ1) is 16.5. The number of aliphatic hydroxyl groups is 1. The SMILES string of the molecule is COCC(O)CNS(=O)(=O)c1cc(C(=O)O)ccc1F. The maximum absolute atomic E-state index is 13.5. The summed E-state index contributed by atoms with van der Waals surface area (Å²) in [5, 5.41) is 18.1. The van der Waals surface area contributed by atoms with Crippen LogP contribution in [0, 0.1) is 5.82 Å². The highest BCUT2D eigenvalue weighted by molar-refractivity contribution is 7.89. The molecule has 0 aliphatic heterocycles. The van der Waals surface area contributed by atoms with Crippen LogP contribution in [0.4, 0.5) is 4.39 Å². The second-order valence-corrected chi connectivity index (χ2v) is 5.65. The van der Waals surface area contributed by atoms with Crippen LogP contribution in [0.1, 0.15) is 10.4 Å². The molecule has 1 aromatic rings. The van der Waals surface area contributed by atoms with E-state index in [2.05, 4.69) is 4.74 Å². The molecule has 1 rings (SSSR count). The predicted octanol–water partition coefficient (Wildman–Crippen LogP) is -0.190. The van der Waals surface area contributed by atoms with E-state index in [1.54, 1.807) is 0 Å². The third-order valence-electron chi connectivity index (χ3n) is 2.34. The van der Waals surface area contributed by atoms with Gasteiger partial charge in [-0.3, -0.25) is 0 Å². The van der Waals surface area contributed by atoms with Gasteiger partial charge in [-0.05, 0) is 18.2 Å². The van der Waals surface area contributed by atoms with Gasteiger partial charge in [-0.2, -0.15) is 0 Å². The number of nitrogens with one attached hydrogen (secondary N) is 1. The number of hydrogen-bond donors (Lipinski definition) is 3. The highest BCUT2D eigenvalue weighted by Crippen LogP contribution is 2.16. The Morgan fingerprint density at radius 2 is 2.15 bits per heavy atom. The first-order valence-corrected chi connectivity index (χ1v) is 6.95. The van der Waals surface area contributed by atoms with Gasteiger partial charge < -0.3 is 14.9 Å². The van der Waals surface area contributed by atoms with Gasteiger partial charge in [0, 0.05) is 13.7 Å². The lowest BCUT2D eigenvalue weighted by Gasteiger charge is -2.12. The zero-order valence-electron chi connectivity index (χ0n) is 10.5. The average Bonchev–Trinajstić information content (AvgIpc) is 2.37. The molecule has 7 nitrogen and oxygen atoms in total. The zero-order chi connectivity index (χ0) is 15.3. The van der Waals surface area contributed by atoms with Crippen LogP contribution in [-0.2, 0) is 14.8 Å². The Labute approximate surface area is 115 Å². The van der Waals surface area contributed by atoms with Crippen molar-refractivity contribution in [1.29, 1.82) is 0 Å². The van der Waals surface area contributed by atoms with Crippen LogP contribution in [0.5, 0.6) is 0 Å². The number of carbonyl (C=O) groups is 1. The maximum Gasteiger partial charge on any atom is 0.335 e. The lowest BCUT2D eigenvalue weighted by molar-refractivity contribution is 0.0678. The van der Waals surface area contributed by atoms with Gasteiger partial charge in [0.05, 0.1) is 18.3 Å². The monoisotopic (exact) mass is 307 g/mol. The molecule has 20 heavy (non-hydrogen) atoms. The van der Waals surface area contributed by atoms with Crippen molar-refractivity contribution < 1.29 is 32.6 Å². The molecule has 0 fully saturated rings. The molecule has 0 radical (unpaired) electrons. The van der Waals surface area contributed by atoms with Crippen molar-refractivity contribution in [2.45, 2.75) is 11.0 Å². The summed E-state index contributed by atoms with van der Waals surface area (Å²) in [5.41, 5.74) is -0.357. The number of sulfonamides is 1. The summed E-state index contributed by atoms with van der Waals surface area (Å²) >= 11 is 0. The van der Waals surface area contributed by atoms with E-state index in [1.165, 1.54) is 7.11 Å². The van der Waals surface area contributed by atoms with Gasteiger partial charge in [-0.25, -0.2) is 22.3 Å². The minimum atomic E-state index is -4.26. The molecule has 0 bridgehead atoms. The number of carboxylic acid groups (broad SMARTS) is 1. The predicted molar refractivity (Wildman–Crippen MR) is 66.4 cm³/mol. The Morgan fingerprint density at radius 1 is 1.50 bits per heavy atom. The van der Waals surface area contributed by atoms with Crippen LogP contribution in [0.25, 0.3) is 0 Å². The van der Waals surface area contributed by atoms with E-state index in [9.17, 15) is 22.7 Å². The third kappa shape index (κ3) is 4.23. The van der Waals surface area contributed by atoms with Crippen LogP contribution in [0.15, 0.2) is 23.1 Å². The molecule has 9 heteroatoms. The number of benzene rings is 1. The van der Waals surface area contributed by atoms with Gasteiger partial charge >= 0.3 is 5.97 Å². The number of ether oxygens (including phenoxy) is 1. The van der Waals surface area contributed by atoms with Crippen molar-refractivity contribution in [2.24, 2.45) is 0 Å². The van der Waals surface area contributed by atoms with Crippen molar-refractivity contribution in [1.82, 2.24) is 4.72 Å². The summed E-state index contributed by atoms with van der Waals surface area (Å²) in [6, 6.07) is 2.42. The van der Waals surface area contributed by atoms with Gasteiger partial charge in [0.25, 0.3) is 0 Å². The summed E-state index contributed by atoms with van der Waals surface area (Å²) < 4.78 is 43.8. The Hall–Kier alpha value is -1.55. The molecule has 1 atom stereocenters. The molecule has 1 aromatic carbocycles. The van der Waals surface area contributed by atoms with Crippen LogP contribution in [-0.4, -0.2) is 51.0 Å². The van der Waals surface area contributed by atoms with Crippen molar-refractivity contribution >= 4 is 16.0 Å². The Kier molecular flexibility index (Phi) is 5.57. The molecule has 0 aromatic heterocycles. The summed E-state index contributed by atoms with van der Waals surface area (Å²) in [7, 11) is -2.94. The topological polar surface area (TPSA) is 113 Å². The molecule has 0 heterocycles. The molecule has 3 N–H and O–H groups in total. The minimum absolute atomic E-state index is 0.0971. The van der Waals surface area contributed by atoms with Gasteiger partial charge in [0.2, 0.25) is 10.0 Å². The van der Waals surface area contributed by atoms with Gasteiger partial charge in [0.15, 0.2) is 0 Å². The van der Waals surface area contributed by atoms with Crippen LogP contribution >= 0.6 is 0 Å². The smallest absolute Gasteiger partial charge is 0.335 e. The molecular weight excluding hydrogens is 293 g/mol. The summed E-state index contributed by atoms with van der Waals surface area (Å²) in [4.78, 5) is 9.96. The lowest BCUT2D eigenvalue weighted by atomic mass is 10.2. The number of halogens is 1. The fourth-order valence-electron chi connectivity index (χ4n) is 1.38. The van der Waals surface area contributed by atoms with E-state index in [-0.39, 0.29) is 18.7 Å². The van der Waals surface area contributed by atoms with Crippen LogP contribution in [0.2, 0.25) is 0 Å². The summed E-state index contributed by atoms with van der Waals surface area (Å²) in [5.74, 6) is -2.45. The molecular formula is C11H14FNO6S. The summed E-state index contributed by atoms with van der Waals surface area (Å²) in [6.45, 7) is -0.479. The van der Waals surface area contributed by atoms with E-state index in [0.717, 1.165) is 12.1 Å². The van der Waals surface area contributed by atoms with Crippen molar-refractivity contribution in [3.8, 4) is 0 Å². The van der Waals surface area contributed by atoms with Crippen molar-refractivity contribution in [3.05, 3.63) is 29.6 Å². The third-order valence-corrected chi connectivity index (χ3v) is 3.77. The van der Waals surface area contributed by atoms with Gasteiger partial charge in [0.1, 0.15) is 10.7 Å². The molecule has 0 amide bonds. The summed E-state index contributed by atoms with van der Waals surface area (Å²) in [6.07, 6.45) is -1.10. The van der Waals surface area contributed by atoms with Crippen molar-refractivity contribution in [2.75, 3.05) is 20.3 Å². The van der Waals surface area contributed by atoms with Crippen molar-refractivity contribution in [3.63, 3.8) is 0 Å². The standard InChI is InChI=1S/C11H14FNO6S/c1-19-6-8(14)5-13-20(17,18)10-4-7(11(15)16)2-3-9(10)12/h2-4,8,13-14H,5-6H2,1H3,(H,15,16). The second-order valence-electron chi connectivity index (χ2n) is 3.91. The quantitative estimate of drug-likeness (QED) is 0.643. The molecule has 112 valence electrons. The molecule has 0 spiro atoms. The van der Waals surface area contributed by atoms with Crippen LogP contribution in [0.3, 0.4) is 0 Å². The normalized spacial score (nSPS) is 13.2. The highest BCUT2D eigenvalue weighted by atomic mass is 32.2. The molecule has 0 saturated carbocycles.